The Kier molecular flexibility index (Phi) is 7.07. The van der Waals surface area contributed by atoms with Crippen LogP contribution in [0.5, 0.6) is 11.8 Å². The number of carbonyl (C=O) groups is 1. The van der Waals surface area contributed by atoms with Gasteiger partial charge in [0.15, 0.2) is 6.61 Å². The van der Waals surface area contributed by atoms with E-state index < -0.39 is 5.82 Å². The van der Waals surface area contributed by atoms with Gasteiger partial charge in [-0.3, -0.25) is 4.79 Å². The molecule has 1 amide bonds. The second-order valence-corrected chi connectivity index (χ2v) is 7.22. The van der Waals surface area contributed by atoms with Gasteiger partial charge >= 0.3 is 0 Å². The number of nitrogens with zero attached hydrogens (tertiary/aromatic N) is 3. The third-order valence-electron chi connectivity index (χ3n) is 3.96. The maximum Gasteiger partial charge on any atom is 0.258 e. The molecule has 0 aliphatic rings. The van der Waals surface area contributed by atoms with Crippen molar-refractivity contribution in [3.8, 4) is 23.0 Å². The summed E-state index contributed by atoms with van der Waals surface area (Å²) < 4.78 is 26.2. The van der Waals surface area contributed by atoms with Gasteiger partial charge in [-0.1, -0.05) is 11.6 Å². The number of nitrogens with one attached hydrogen (secondary N) is 1. The fraction of sp³-hybridized carbons (Fsp3) is 0.350. The van der Waals surface area contributed by atoms with Crippen molar-refractivity contribution in [2.75, 3.05) is 19.8 Å². The Morgan fingerprint density at radius 3 is 2.83 bits per heavy atom. The minimum absolute atomic E-state index is 0.00370. The average molecular weight is 437 g/mol. The highest BCUT2D eigenvalue weighted by atomic mass is 35.5. The van der Waals surface area contributed by atoms with Gasteiger partial charge in [-0.05, 0) is 32.0 Å². The normalized spacial score (nSPS) is 11.1. The number of halogens is 2. The molecule has 0 aliphatic heterocycles. The summed E-state index contributed by atoms with van der Waals surface area (Å²) in [6.07, 6.45) is 2.09. The quantitative estimate of drug-likeness (QED) is 0.500. The van der Waals surface area contributed by atoms with E-state index in [2.05, 4.69) is 15.4 Å². The van der Waals surface area contributed by atoms with Crippen molar-refractivity contribution in [2.24, 2.45) is 0 Å². The number of aliphatic hydroxyl groups is 1. The van der Waals surface area contributed by atoms with Gasteiger partial charge in [0, 0.05) is 30.7 Å². The van der Waals surface area contributed by atoms with Crippen molar-refractivity contribution >= 4 is 23.0 Å². The fourth-order valence-corrected chi connectivity index (χ4v) is 2.83. The third kappa shape index (κ3) is 5.37. The lowest BCUT2D eigenvalue weighted by Gasteiger charge is -2.11. The van der Waals surface area contributed by atoms with Gasteiger partial charge in [0.05, 0.1) is 23.5 Å². The second-order valence-electron chi connectivity index (χ2n) is 6.81. The summed E-state index contributed by atoms with van der Waals surface area (Å²) in [5.41, 5.74) is 1.47. The van der Waals surface area contributed by atoms with Crippen LogP contribution in [0.3, 0.4) is 0 Å². The number of fused-ring (bicyclic) bond motifs is 1. The van der Waals surface area contributed by atoms with Crippen LogP contribution in [0.25, 0.3) is 16.8 Å². The molecule has 30 heavy (non-hydrogen) atoms. The molecule has 0 atom stereocenters. The number of aromatic nitrogens is 3. The van der Waals surface area contributed by atoms with E-state index in [1.54, 1.807) is 12.3 Å². The van der Waals surface area contributed by atoms with Crippen LogP contribution in [-0.4, -0.2) is 51.5 Å². The Bertz CT molecular complexity index is 1040. The first-order valence-corrected chi connectivity index (χ1v) is 9.77. The van der Waals surface area contributed by atoms with E-state index >= 15 is 0 Å². The van der Waals surface area contributed by atoms with Gasteiger partial charge in [0.25, 0.3) is 5.91 Å². The SMILES string of the molecule is CC(C)NC(=O)COc1nc(-c2ccc(F)c(Cl)c2)cn2nc(OCCCO)cc12. The number of benzene rings is 1. The smallest absolute Gasteiger partial charge is 0.258 e. The first-order chi connectivity index (χ1) is 14.4. The number of ether oxygens (including phenoxy) is 2. The van der Waals surface area contributed by atoms with E-state index in [0.29, 0.717) is 35.7 Å². The molecule has 0 radical (unpaired) electrons. The topological polar surface area (TPSA) is 98.0 Å². The standard InChI is InChI=1S/C20H22ClFN4O4/c1-12(2)23-18(28)11-30-20-17-9-19(29-7-3-6-27)25-26(17)10-16(24-20)13-4-5-15(22)14(21)8-13/h4-5,8-10,12,27H,3,6-7,11H2,1-2H3,(H,23,28). The summed E-state index contributed by atoms with van der Waals surface area (Å²) in [4.78, 5) is 16.4. The van der Waals surface area contributed by atoms with Crippen molar-refractivity contribution in [3.05, 3.63) is 41.3 Å². The largest absolute Gasteiger partial charge is 0.476 e. The molecule has 0 saturated heterocycles. The van der Waals surface area contributed by atoms with Crippen LogP contribution in [0.2, 0.25) is 5.02 Å². The number of amides is 1. The van der Waals surface area contributed by atoms with Crippen molar-refractivity contribution < 1.29 is 23.8 Å². The summed E-state index contributed by atoms with van der Waals surface area (Å²) >= 11 is 5.90. The maximum absolute atomic E-state index is 13.5. The van der Waals surface area contributed by atoms with Crippen LogP contribution in [-0.2, 0) is 4.79 Å². The monoisotopic (exact) mass is 436 g/mol. The molecule has 1 aromatic carbocycles. The van der Waals surface area contributed by atoms with Crippen LogP contribution in [0.1, 0.15) is 20.3 Å². The predicted molar refractivity (Wildman–Crippen MR) is 109 cm³/mol. The molecule has 0 aliphatic carbocycles. The van der Waals surface area contributed by atoms with Gasteiger partial charge < -0.3 is 19.9 Å². The van der Waals surface area contributed by atoms with Gasteiger partial charge in [-0.2, -0.15) is 0 Å². The van der Waals surface area contributed by atoms with Crippen molar-refractivity contribution in [2.45, 2.75) is 26.3 Å². The highest BCUT2D eigenvalue weighted by Crippen LogP contribution is 2.29. The number of hydrogen-bond donors (Lipinski definition) is 2. The molecule has 160 valence electrons. The molecule has 3 aromatic rings. The van der Waals surface area contributed by atoms with E-state index in [4.69, 9.17) is 26.2 Å². The van der Waals surface area contributed by atoms with Crippen LogP contribution in [0.4, 0.5) is 4.39 Å². The zero-order valence-corrected chi connectivity index (χ0v) is 17.3. The Morgan fingerprint density at radius 2 is 2.13 bits per heavy atom. The minimum Gasteiger partial charge on any atom is -0.476 e. The molecule has 0 fully saturated rings. The average Bonchev–Trinajstić information content (AvgIpc) is 3.10. The third-order valence-corrected chi connectivity index (χ3v) is 4.25. The molecule has 10 heteroatoms. The van der Waals surface area contributed by atoms with Crippen LogP contribution >= 0.6 is 11.6 Å². The summed E-state index contributed by atoms with van der Waals surface area (Å²) in [6.45, 7) is 3.76. The van der Waals surface area contributed by atoms with E-state index in [0.717, 1.165) is 0 Å². The van der Waals surface area contributed by atoms with Crippen LogP contribution in [0, 0.1) is 5.82 Å². The van der Waals surface area contributed by atoms with Gasteiger partial charge in [-0.25, -0.2) is 13.9 Å². The lowest BCUT2D eigenvalue weighted by molar-refractivity contribution is -0.123. The Hall–Kier alpha value is -2.91. The zero-order valence-electron chi connectivity index (χ0n) is 16.6. The zero-order chi connectivity index (χ0) is 21.7. The summed E-state index contributed by atoms with van der Waals surface area (Å²) in [7, 11) is 0. The van der Waals surface area contributed by atoms with E-state index in [9.17, 15) is 9.18 Å². The second kappa shape index (κ2) is 9.73. The molecule has 2 aromatic heterocycles. The molecular formula is C20H22ClFN4O4. The summed E-state index contributed by atoms with van der Waals surface area (Å²) in [5.74, 6) is -0.353. The van der Waals surface area contributed by atoms with Gasteiger partial charge in [0.1, 0.15) is 11.3 Å². The molecule has 2 heterocycles. The molecule has 0 spiro atoms. The molecule has 0 bridgehead atoms. The number of rotatable bonds is 9. The van der Waals surface area contributed by atoms with Crippen LogP contribution < -0.4 is 14.8 Å². The lowest BCUT2D eigenvalue weighted by atomic mass is 10.1. The first-order valence-electron chi connectivity index (χ1n) is 9.39. The highest BCUT2D eigenvalue weighted by Gasteiger charge is 2.16. The lowest BCUT2D eigenvalue weighted by Crippen LogP contribution is -2.34. The van der Waals surface area contributed by atoms with E-state index in [-0.39, 0.29) is 36.1 Å². The van der Waals surface area contributed by atoms with Crippen molar-refractivity contribution in [1.29, 1.82) is 0 Å². The van der Waals surface area contributed by atoms with Crippen molar-refractivity contribution in [3.63, 3.8) is 0 Å². The first kappa shape index (κ1) is 21.8. The van der Waals surface area contributed by atoms with E-state index in [1.807, 2.05) is 13.8 Å². The van der Waals surface area contributed by atoms with Crippen molar-refractivity contribution in [1.82, 2.24) is 19.9 Å². The predicted octanol–water partition coefficient (Wildman–Crippen LogP) is 2.85. The van der Waals surface area contributed by atoms with Gasteiger partial charge in [-0.15, -0.1) is 5.10 Å². The Balaban J connectivity index is 1.96. The number of carbonyl (C=O) groups excluding carboxylic acids is 1. The Morgan fingerprint density at radius 1 is 1.33 bits per heavy atom. The molecule has 2 N–H and O–H groups in total. The molecule has 0 unspecified atom stereocenters. The Labute approximate surface area is 177 Å². The number of aliphatic hydroxyl groups excluding tert-OH is 1. The van der Waals surface area contributed by atoms with E-state index in [1.165, 1.54) is 22.7 Å². The summed E-state index contributed by atoms with van der Waals surface area (Å²) in [5, 5.41) is 15.9. The molecule has 8 nitrogen and oxygen atoms in total. The molecular weight excluding hydrogens is 415 g/mol. The highest BCUT2D eigenvalue weighted by molar-refractivity contribution is 6.31. The molecule has 0 saturated carbocycles. The number of hydrogen-bond acceptors (Lipinski definition) is 6. The maximum atomic E-state index is 13.5. The van der Waals surface area contributed by atoms with Gasteiger partial charge in [0.2, 0.25) is 11.8 Å². The minimum atomic E-state index is -0.540. The fourth-order valence-electron chi connectivity index (χ4n) is 2.65. The molecule has 3 rings (SSSR count). The van der Waals surface area contributed by atoms with Crippen LogP contribution in [0.15, 0.2) is 30.5 Å². The summed E-state index contributed by atoms with van der Waals surface area (Å²) in [6, 6.07) is 5.83.